The average Bonchev–Trinajstić information content (AvgIpc) is 2.52. The summed E-state index contributed by atoms with van der Waals surface area (Å²) in [6, 6.07) is 10.5. The summed E-state index contributed by atoms with van der Waals surface area (Å²) in [7, 11) is 0. The van der Waals surface area contributed by atoms with Gasteiger partial charge in [-0.05, 0) is 23.3 Å². The van der Waals surface area contributed by atoms with Crippen molar-refractivity contribution >= 4 is 23.6 Å². The lowest BCUT2D eigenvalue weighted by Gasteiger charge is -2.07. The maximum atomic E-state index is 12.0. The number of rotatable bonds is 5. The van der Waals surface area contributed by atoms with Gasteiger partial charge in [0.25, 0.3) is 5.91 Å². The Morgan fingerprint density at radius 3 is 2.18 bits per heavy atom. The van der Waals surface area contributed by atoms with Gasteiger partial charge in [0.15, 0.2) is 0 Å². The summed E-state index contributed by atoms with van der Waals surface area (Å²) in [5.74, 6) is -0.297. The van der Waals surface area contributed by atoms with Crippen LogP contribution in [0.4, 0.5) is 4.79 Å². The second-order valence-corrected chi connectivity index (χ2v) is 4.86. The maximum absolute atomic E-state index is 12.0. The molecule has 0 saturated heterocycles. The van der Waals surface area contributed by atoms with Crippen molar-refractivity contribution < 1.29 is 14.7 Å². The van der Waals surface area contributed by atoms with Gasteiger partial charge in [0.2, 0.25) is 0 Å². The summed E-state index contributed by atoms with van der Waals surface area (Å²) in [5, 5.41) is 13.7. The Morgan fingerprint density at radius 1 is 1.05 bits per heavy atom. The van der Waals surface area contributed by atoms with Crippen LogP contribution < -0.4 is 10.6 Å². The number of hydrogen-bond acceptors (Lipinski definition) is 3. The zero-order chi connectivity index (χ0) is 15.9. The third-order valence-corrected chi connectivity index (χ3v) is 3.22. The minimum absolute atomic E-state index is 0.162. The van der Waals surface area contributed by atoms with E-state index in [0.29, 0.717) is 12.1 Å². The number of pyridine rings is 1. The minimum Gasteiger partial charge on any atom is -0.465 e. The van der Waals surface area contributed by atoms with Crippen molar-refractivity contribution in [2.24, 2.45) is 0 Å². The van der Waals surface area contributed by atoms with Crippen molar-refractivity contribution in [3.05, 3.63) is 64.4 Å². The smallest absolute Gasteiger partial charge is 0.404 e. The minimum atomic E-state index is -1.07. The molecule has 7 heteroatoms. The van der Waals surface area contributed by atoms with E-state index in [2.05, 4.69) is 15.6 Å². The number of carboxylic acid groups (broad SMARTS) is 1. The highest BCUT2D eigenvalue weighted by atomic mass is 35.5. The first-order chi connectivity index (χ1) is 10.6. The lowest BCUT2D eigenvalue weighted by molar-refractivity contribution is 0.0950. The van der Waals surface area contributed by atoms with Gasteiger partial charge in [-0.2, -0.15) is 0 Å². The molecule has 114 valence electrons. The van der Waals surface area contributed by atoms with Gasteiger partial charge >= 0.3 is 6.09 Å². The zero-order valence-electron chi connectivity index (χ0n) is 11.5. The summed E-state index contributed by atoms with van der Waals surface area (Å²) >= 11 is 5.86. The summed E-state index contributed by atoms with van der Waals surface area (Å²) in [6.07, 6.45) is 0.452. The second-order valence-electron chi connectivity index (χ2n) is 4.50. The molecule has 0 bridgehead atoms. The Morgan fingerprint density at radius 2 is 1.64 bits per heavy atom. The lowest BCUT2D eigenvalue weighted by atomic mass is 10.1. The quantitative estimate of drug-likeness (QED) is 0.738. The Bertz CT molecular complexity index is 674. The van der Waals surface area contributed by atoms with E-state index in [1.807, 2.05) is 12.1 Å². The van der Waals surface area contributed by atoms with Crippen LogP contribution in [0.2, 0.25) is 5.15 Å². The topological polar surface area (TPSA) is 91.3 Å². The molecular formula is C15H14ClN3O3. The monoisotopic (exact) mass is 319 g/mol. The SMILES string of the molecule is O=C(O)NCc1ccc(CNC(=O)c2cccnc2Cl)cc1. The molecule has 6 nitrogen and oxygen atoms in total. The molecule has 0 aliphatic heterocycles. The number of halogens is 1. The van der Waals surface area contributed by atoms with Crippen LogP contribution in [0.3, 0.4) is 0 Å². The Labute approximate surface area is 132 Å². The number of benzene rings is 1. The van der Waals surface area contributed by atoms with Gasteiger partial charge in [-0.1, -0.05) is 35.9 Å². The molecular weight excluding hydrogens is 306 g/mol. The fourth-order valence-electron chi connectivity index (χ4n) is 1.79. The van der Waals surface area contributed by atoms with E-state index in [4.69, 9.17) is 16.7 Å². The predicted octanol–water partition coefficient (Wildman–Crippen LogP) is 2.43. The standard InChI is InChI=1S/C15H14ClN3O3/c16-13-12(2-1-7-17-13)14(20)18-8-10-3-5-11(6-4-10)9-19-15(21)22/h1-7,19H,8-9H2,(H,18,20)(H,21,22). The molecule has 1 heterocycles. The summed E-state index contributed by atoms with van der Waals surface area (Å²) in [6.45, 7) is 0.587. The summed E-state index contributed by atoms with van der Waals surface area (Å²) in [4.78, 5) is 26.2. The van der Waals surface area contributed by atoms with Crippen LogP contribution in [0, 0.1) is 0 Å². The van der Waals surface area contributed by atoms with E-state index in [0.717, 1.165) is 11.1 Å². The molecule has 0 aliphatic carbocycles. The van der Waals surface area contributed by atoms with Crippen molar-refractivity contribution in [2.45, 2.75) is 13.1 Å². The van der Waals surface area contributed by atoms with Gasteiger partial charge in [-0.25, -0.2) is 9.78 Å². The van der Waals surface area contributed by atoms with Gasteiger partial charge in [-0.3, -0.25) is 4.79 Å². The van der Waals surface area contributed by atoms with Crippen LogP contribution in [0.25, 0.3) is 0 Å². The third-order valence-electron chi connectivity index (χ3n) is 2.92. The summed E-state index contributed by atoms with van der Waals surface area (Å²) in [5.41, 5.74) is 2.06. The highest BCUT2D eigenvalue weighted by Gasteiger charge is 2.09. The molecule has 2 amide bonds. The molecule has 0 spiro atoms. The van der Waals surface area contributed by atoms with Crippen LogP contribution in [0.5, 0.6) is 0 Å². The zero-order valence-corrected chi connectivity index (χ0v) is 12.3. The van der Waals surface area contributed by atoms with Gasteiger partial charge in [0.1, 0.15) is 5.15 Å². The number of carbonyl (C=O) groups excluding carboxylic acids is 1. The van der Waals surface area contributed by atoms with Crippen molar-refractivity contribution in [3.8, 4) is 0 Å². The number of carbonyl (C=O) groups is 2. The molecule has 22 heavy (non-hydrogen) atoms. The number of aromatic nitrogens is 1. The first kappa shape index (κ1) is 15.8. The van der Waals surface area contributed by atoms with Crippen LogP contribution in [-0.2, 0) is 13.1 Å². The van der Waals surface area contributed by atoms with Gasteiger partial charge in [0.05, 0.1) is 5.56 Å². The van der Waals surface area contributed by atoms with E-state index in [1.165, 1.54) is 6.20 Å². The molecule has 0 saturated carbocycles. The molecule has 2 rings (SSSR count). The second kappa shape index (κ2) is 7.42. The van der Waals surface area contributed by atoms with E-state index in [-0.39, 0.29) is 17.6 Å². The van der Waals surface area contributed by atoms with Gasteiger partial charge in [-0.15, -0.1) is 0 Å². The summed E-state index contributed by atoms with van der Waals surface area (Å²) < 4.78 is 0. The number of hydrogen-bond donors (Lipinski definition) is 3. The number of nitrogens with zero attached hydrogens (tertiary/aromatic N) is 1. The van der Waals surface area contributed by atoms with Crippen molar-refractivity contribution in [3.63, 3.8) is 0 Å². The first-order valence-corrected chi connectivity index (χ1v) is 6.87. The Balaban J connectivity index is 1.90. The van der Waals surface area contributed by atoms with Crippen LogP contribution >= 0.6 is 11.6 Å². The molecule has 3 N–H and O–H groups in total. The highest BCUT2D eigenvalue weighted by molar-refractivity contribution is 6.32. The largest absolute Gasteiger partial charge is 0.465 e. The van der Waals surface area contributed by atoms with E-state index in [1.54, 1.807) is 24.3 Å². The van der Waals surface area contributed by atoms with Gasteiger partial charge < -0.3 is 15.7 Å². The Kier molecular flexibility index (Phi) is 5.32. The molecule has 1 aromatic heterocycles. The van der Waals surface area contributed by atoms with E-state index >= 15 is 0 Å². The molecule has 0 unspecified atom stereocenters. The molecule has 0 fully saturated rings. The maximum Gasteiger partial charge on any atom is 0.404 e. The van der Waals surface area contributed by atoms with Crippen LogP contribution in [0.1, 0.15) is 21.5 Å². The molecule has 0 aliphatic rings. The highest BCUT2D eigenvalue weighted by Crippen LogP contribution is 2.11. The predicted molar refractivity (Wildman–Crippen MR) is 81.7 cm³/mol. The number of amides is 2. The van der Waals surface area contributed by atoms with E-state index in [9.17, 15) is 9.59 Å². The Hall–Kier alpha value is -2.60. The average molecular weight is 320 g/mol. The fourth-order valence-corrected chi connectivity index (χ4v) is 1.99. The van der Waals surface area contributed by atoms with Gasteiger partial charge in [0, 0.05) is 19.3 Å². The fraction of sp³-hybridized carbons (Fsp3) is 0.133. The molecule has 0 radical (unpaired) electrons. The normalized spacial score (nSPS) is 10.0. The van der Waals surface area contributed by atoms with Crippen molar-refractivity contribution in [1.29, 1.82) is 0 Å². The van der Waals surface area contributed by atoms with Crippen LogP contribution in [0.15, 0.2) is 42.6 Å². The van der Waals surface area contributed by atoms with Crippen LogP contribution in [-0.4, -0.2) is 22.1 Å². The van der Waals surface area contributed by atoms with Crippen molar-refractivity contribution in [1.82, 2.24) is 15.6 Å². The van der Waals surface area contributed by atoms with Crippen molar-refractivity contribution in [2.75, 3.05) is 0 Å². The third kappa shape index (κ3) is 4.46. The van der Waals surface area contributed by atoms with E-state index < -0.39 is 6.09 Å². The lowest BCUT2D eigenvalue weighted by Crippen LogP contribution is -2.23. The first-order valence-electron chi connectivity index (χ1n) is 6.49. The molecule has 0 atom stereocenters. The molecule has 1 aromatic carbocycles. The molecule has 2 aromatic rings. The number of nitrogens with one attached hydrogen (secondary N) is 2.